The minimum Gasteiger partial charge on any atom is -0.444 e. The lowest BCUT2D eigenvalue weighted by atomic mass is 9.88. The molecule has 0 radical (unpaired) electrons. The van der Waals surface area contributed by atoms with Crippen LogP contribution in [0.15, 0.2) is 24.3 Å². The summed E-state index contributed by atoms with van der Waals surface area (Å²) in [7, 11) is 1.65. The van der Waals surface area contributed by atoms with E-state index in [9.17, 15) is 9.18 Å². The lowest BCUT2D eigenvalue weighted by Crippen LogP contribution is -2.53. The number of carbonyl (C=O) groups is 1. The largest absolute Gasteiger partial charge is 0.444 e. The highest BCUT2D eigenvalue weighted by Gasteiger charge is 2.49. The summed E-state index contributed by atoms with van der Waals surface area (Å²) in [5.74, 6) is -0.0366. The molecule has 186 valence electrons. The van der Waals surface area contributed by atoms with E-state index in [0.717, 1.165) is 31.5 Å². The van der Waals surface area contributed by atoms with E-state index in [1.165, 1.54) is 6.07 Å². The Morgan fingerprint density at radius 2 is 1.85 bits per heavy atom. The average Bonchev–Trinajstić information content (AvgIpc) is 3.13. The van der Waals surface area contributed by atoms with Crippen molar-refractivity contribution >= 4 is 11.8 Å². The van der Waals surface area contributed by atoms with Gasteiger partial charge in [-0.25, -0.2) is 9.18 Å². The summed E-state index contributed by atoms with van der Waals surface area (Å²) < 4.78 is 35.9. The Bertz CT molecular complexity index is 757. The number of hydrogen-bond donors (Lipinski definition) is 0. The molecular formula is C25H39FN2O5. The number of likely N-dealkylation sites (tertiary alicyclic amines) is 1. The topological polar surface area (TPSA) is 60.5 Å². The fourth-order valence-electron chi connectivity index (χ4n) is 4.85. The molecule has 1 amide bonds. The summed E-state index contributed by atoms with van der Waals surface area (Å²) >= 11 is 0. The van der Waals surface area contributed by atoms with Crippen LogP contribution in [0, 0.1) is 11.7 Å². The van der Waals surface area contributed by atoms with Crippen LogP contribution in [0.1, 0.15) is 40.0 Å². The smallest absolute Gasteiger partial charge is 0.410 e. The number of rotatable bonds is 10. The van der Waals surface area contributed by atoms with Gasteiger partial charge < -0.3 is 28.7 Å². The van der Waals surface area contributed by atoms with Gasteiger partial charge in [-0.15, -0.1) is 0 Å². The van der Waals surface area contributed by atoms with Crippen LogP contribution >= 0.6 is 0 Å². The predicted molar refractivity (Wildman–Crippen MR) is 125 cm³/mol. The maximum atomic E-state index is 14.0. The highest BCUT2D eigenvalue weighted by Crippen LogP contribution is 2.39. The standard InChI is InChI=1S/C25H39FN2O5/c1-25(2,3)33-24(29)28-18-19(10-12-31-15-16-32-14-13-30-4)23-22(28)9-6-11-27(23)21-8-5-7-20(26)17-21/h5,7-8,17,19,22-23H,6,9-16,18H2,1-4H3/t19?,22-,23-/m1/s1. The van der Waals surface area contributed by atoms with Gasteiger partial charge in [0.2, 0.25) is 0 Å². The van der Waals surface area contributed by atoms with Crippen LogP contribution in [0.3, 0.4) is 0 Å². The molecule has 0 aromatic heterocycles. The molecule has 0 aliphatic carbocycles. The number of methoxy groups -OCH3 is 1. The van der Waals surface area contributed by atoms with E-state index >= 15 is 0 Å². The summed E-state index contributed by atoms with van der Waals surface area (Å²) in [4.78, 5) is 17.2. The maximum Gasteiger partial charge on any atom is 0.410 e. The third-order valence-corrected chi connectivity index (χ3v) is 6.17. The van der Waals surface area contributed by atoms with E-state index in [4.69, 9.17) is 18.9 Å². The van der Waals surface area contributed by atoms with E-state index in [2.05, 4.69) is 4.90 Å². The van der Waals surface area contributed by atoms with Gasteiger partial charge in [0, 0.05) is 38.4 Å². The zero-order chi connectivity index (χ0) is 23.8. The molecule has 1 aromatic rings. The molecule has 1 unspecified atom stereocenters. The van der Waals surface area contributed by atoms with E-state index < -0.39 is 5.60 Å². The summed E-state index contributed by atoms with van der Waals surface area (Å²) in [5.41, 5.74) is 0.321. The normalized spacial score (nSPS) is 23.0. The third-order valence-electron chi connectivity index (χ3n) is 6.17. The zero-order valence-corrected chi connectivity index (χ0v) is 20.4. The van der Waals surface area contributed by atoms with Gasteiger partial charge >= 0.3 is 6.09 Å². The Balaban J connectivity index is 1.67. The number of fused-ring (bicyclic) bond motifs is 1. The van der Waals surface area contributed by atoms with Crippen molar-refractivity contribution in [2.75, 3.05) is 58.1 Å². The lowest BCUT2D eigenvalue weighted by Gasteiger charge is -2.43. The molecule has 7 nitrogen and oxygen atoms in total. The molecule has 3 rings (SSSR count). The highest BCUT2D eigenvalue weighted by molar-refractivity contribution is 5.70. The first kappa shape index (κ1) is 25.7. The first-order chi connectivity index (χ1) is 15.8. The van der Waals surface area contributed by atoms with Crippen LogP contribution in [-0.2, 0) is 18.9 Å². The van der Waals surface area contributed by atoms with Crippen molar-refractivity contribution in [1.29, 1.82) is 0 Å². The average molecular weight is 467 g/mol. The Hall–Kier alpha value is -1.90. The molecule has 2 aliphatic rings. The molecule has 2 fully saturated rings. The fraction of sp³-hybridized carbons (Fsp3) is 0.720. The Morgan fingerprint density at radius 1 is 1.12 bits per heavy atom. The van der Waals surface area contributed by atoms with Crippen molar-refractivity contribution in [3.63, 3.8) is 0 Å². The SMILES string of the molecule is COCCOCCOCCC1CN(C(=O)OC(C)(C)C)[C@@H]2CCCN(c3cccc(F)c3)[C@H]12. The van der Waals surface area contributed by atoms with E-state index in [1.54, 1.807) is 19.2 Å². The number of ether oxygens (including phenoxy) is 4. The molecule has 2 aliphatic heterocycles. The quantitative estimate of drug-likeness (QED) is 0.484. The number of nitrogens with zero attached hydrogens (tertiary/aromatic N) is 2. The Morgan fingerprint density at radius 3 is 2.55 bits per heavy atom. The minimum atomic E-state index is -0.548. The zero-order valence-electron chi connectivity index (χ0n) is 20.4. The monoisotopic (exact) mass is 466 g/mol. The van der Waals surface area contributed by atoms with Gasteiger partial charge in [-0.1, -0.05) is 6.07 Å². The van der Waals surface area contributed by atoms with Gasteiger partial charge in [-0.3, -0.25) is 0 Å². The number of piperidine rings is 1. The van der Waals surface area contributed by atoms with Gasteiger partial charge in [0.15, 0.2) is 0 Å². The summed E-state index contributed by atoms with van der Waals surface area (Å²) in [5, 5.41) is 0. The van der Waals surface area contributed by atoms with Gasteiger partial charge in [0.25, 0.3) is 0 Å². The van der Waals surface area contributed by atoms with E-state index in [0.29, 0.717) is 39.6 Å². The van der Waals surface area contributed by atoms with Crippen LogP contribution in [0.2, 0.25) is 0 Å². The molecule has 2 heterocycles. The number of halogens is 1. The lowest BCUT2D eigenvalue weighted by molar-refractivity contribution is 0.0185. The van der Waals surface area contributed by atoms with Gasteiger partial charge in [0.05, 0.1) is 38.5 Å². The summed E-state index contributed by atoms with van der Waals surface area (Å²) in [6.45, 7) is 9.88. The van der Waals surface area contributed by atoms with Crippen LogP contribution in [0.5, 0.6) is 0 Å². The fourth-order valence-corrected chi connectivity index (χ4v) is 4.85. The molecule has 0 spiro atoms. The number of anilines is 1. The van der Waals surface area contributed by atoms with Crippen LogP contribution in [0.25, 0.3) is 0 Å². The molecular weight excluding hydrogens is 427 g/mol. The third kappa shape index (κ3) is 7.29. The Labute approximate surface area is 197 Å². The molecule has 0 N–H and O–H groups in total. The van der Waals surface area contributed by atoms with Gasteiger partial charge in [-0.2, -0.15) is 0 Å². The van der Waals surface area contributed by atoms with Crippen LogP contribution in [0.4, 0.5) is 14.9 Å². The van der Waals surface area contributed by atoms with Crippen molar-refractivity contribution in [2.45, 2.75) is 57.7 Å². The van der Waals surface area contributed by atoms with Crippen LogP contribution < -0.4 is 4.90 Å². The molecule has 0 bridgehead atoms. The summed E-state index contributed by atoms with van der Waals surface area (Å²) in [6.07, 6.45) is 2.40. The van der Waals surface area contributed by atoms with E-state index in [-0.39, 0.29) is 29.9 Å². The van der Waals surface area contributed by atoms with Crippen molar-refractivity contribution in [1.82, 2.24) is 4.90 Å². The molecule has 2 saturated heterocycles. The molecule has 33 heavy (non-hydrogen) atoms. The number of carbonyl (C=O) groups excluding carboxylic acids is 1. The Kier molecular flexibility index (Phi) is 9.35. The predicted octanol–water partition coefficient (Wildman–Crippen LogP) is 4.10. The first-order valence-corrected chi connectivity index (χ1v) is 12.0. The number of hydrogen-bond acceptors (Lipinski definition) is 6. The second-order valence-corrected chi connectivity index (χ2v) is 9.77. The van der Waals surface area contributed by atoms with Crippen LogP contribution in [-0.4, -0.2) is 81.9 Å². The minimum absolute atomic E-state index is 0.0410. The van der Waals surface area contributed by atoms with Gasteiger partial charge in [0.1, 0.15) is 11.4 Å². The highest BCUT2D eigenvalue weighted by atomic mass is 19.1. The van der Waals surface area contributed by atoms with Crippen molar-refractivity contribution < 1.29 is 28.1 Å². The van der Waals surface area contributed by atoms with E-state index in [1.807, 2.05) is 31.7 Å². The number of amides is 1. The molecule has 3 atom stereocenters. The molecule has 0 saturated carbocycles. The molecule has 8 heteroatoms. The van der Waals surface area contributed by atoms with Crippen molar-refractivity contribution in [3.8, 4) is 0 Å². The van der Waals surface area contributed by atoms with Crippen molar-refractivity contribution in [3.05, 3.63) is 30.1 Å². The second kappa shape index (κ2) is 12.0. The van der Waals surface area contributed by atoms with Gasteiger partial charge in [-0.05, 0) is 58.2 Å². The maximum absolute atomic E-state index is 14.0. The van der Waals surface area contributed by atoms with Crippen molar-refractivity contribution in [2.24, 2.45) is 5.92 Å². The first-order valence-electron chi connectivity index (χ1n) is 12.0. The molecule has 1 aromatic carbocycles. The summed E-state index contributed by atoms with van der Waals surface area (Å²) in [6, 6.07) is 6.90. The number of benzene rings is 1. The second-order valence-electron chi connectivity index (χ2n) is 9.77.